The number of Topliss-reactive ketones (excluding diaryl/α,β-unsaturated/α-hetero) is 2. The lowest BCUT2D eigenvalue weighted by atomic mass is 9.85. The van der Waals surface area contributed by atoms with Gasteiger partial charge in [0.2, 0.25) is 0 Å². The summed E-state index contributed by atoms with van der Waals surface area (Å²) in [7, 11) is 0. The molecule has 1 saturated heterocycles. The zero-order chi connectivity index (χ0) is 11.6. The minimum absolute atomic E-state index is 0.440. The van der Waals surface area contributed by atoms with E-state index in [0.717, 1.165) is 4.48 Å². The Balaban J connectivity index is 2.04. The number of carbonyl (C=O) groups is 3. The maximum atomic E-state index is 11.8. The summed E-state index contributed by atoms with van der Waals surface area (Å²) in [4.78, 5) is 34.5. The summed E-state index contributed by atoms with van der Waals surface area (Å²) in [6.07, 6.45) is 0.835. The summed E-state index contributed by atoms with van der Waals surface area (Å²) >= 11 is 3.26. The highest BCUT2D eigenvalue weighted by Crippen LogP contribution is 2.50. The van der Waals surface area contributed by atoms with E-state index in [-0.39, 0.29) is 0 Å². The highest BCUT2D eigenvalue weighted by molar-refractivity contribution is 9.11. The van der Waals surface area contributed by atoms with Crippen molar-refractivity contribution in [3.05, 3.63) is 10.6 Å². The smallest absolute Gasteiger partial charge is 0.321 e. The molecule has 2 fully saturated rings. The first-order valence-electron chi connectivity index (χ1n) is 4.85. The fourth-order valence-electron chi connectivity index (χ4n) is 2.80. The monoisotopic (exact) mass is 286 g/mol. The quantitative estimate of drug-likeness (QED) is 0.693. The molecule has 1 saturated carbocycles. The van der Waals surface area contributed by atoms with Gasteiger partial charge in [-0.25, -0.2) is 0 Å². The van der Waals surface area contributed by atoms with Gasteiger partial charge in [-0.05, 0) is 6.08 Å². The first-order chi connectivity index (χ1) is 7.52. The first kappa shape index (κ1) is 10.2. The molecule has 1 N–H and O–H groups in total. The van der Waals surface area contributed by atoms with E-state index >= 15 is 0 Å². The average molecular weight is 287 g/mol. The Hall–Kier alpha value is -1.01. The average Bonchev–Trinajstić information content (AvgIpc) is 2.78. The molecular weight excluding hydrogens is 280 g/mol. The van der Waals surface area contributed by atoms with Crippen LogP contribution in [0.4, 0.5) is 0 Å². The summed E-state index contributed by atoms with van der Waals surface area (Å²) < 4.78 is 6.19. The summed E-state index contributed by atoms with van der Waals surface area (Å²) in [6, 6.07) is 0. The predicted octanol–water partition coefficient (Wildman–Crippen LogP) is 0.131. The molecule has 0 aromatic heterocycles. The van der Waals surface area contributed by atoms with Gasteiger partial charge in [0.05, 0.1) is 17.9 Å². The highest BCUT2D eigenvalue weighted by Gasteiger charge is 2.64. The fraction of sp³-hybridized carbons (Fsp3) is 0.500. The fourth-order valence-corrected chi connectivity index (χ4v) is 3.45. The van der Waals surface area contributed by atoms with Gasteiger partial charge >= 0.3 is 5.97 Å². The second-order valence-electron chi connectivity index (χ2n) is 4.20. The minimum Gasteiger partial charge on any atom is -0.480 e. The van der Waals surface area contributed by atoms with E-state index in [2.05, 4.69) is 15.9 Å². The molecule has 2 bridgehead atoms. The Morgan fingerprint density at radius 1 is 1.31 bits per heavy atom. The van der Waals surface area contributed by atoms with Gasteiger partial charge in [-0.1, -0.05) is 15.9 Å². The molecule has 2 aliphatic heterocycles. The predicted molar refractivity (Wildman–Crippen MR) is 53.8 cm³/mol. The summed E-state index contributed by atoms with van der Waals surface area (Å²) in [6.45, 7) is 0. The van der Waals surface area contributed by atoms with Crippen molar-refractivity contribution in [2.45, 2.75) is 12.2 Å². The van der Waals surface area contributed by atoms with Crippen molar-refractivity contribution >= 4 is 33.5 Å². The second kappa shape index (κ2) is 3.01. The van der Waals surface area contributed by atoms with Crippen molar-refractivity contribution in [2.24, 2.45) is 17.8 Å². The van der Waals surface area contributed by atoms with E-state index < -0.39 is 47.5 Å². The third kappa shape index (κ3) is 1.01. The molecule has 5 atom stereocenters. The van der Waals surface area contributed by atoms with E-state index in [4.69, 9.17) is 9.84 Å². The molecule has 16 heavy (non-hydrogen) atoms. The number of rotatable bonds is 1. The van der Waals surface area contributed by atoms with Gasteiger partial charge in [0, 0.05) is 4.48 Å². The molecule has 6 heteroatoms. The largest absolute Gasteiger partial charge is 0.480 e. The van der Waals surface area contributed by atoms with Crippen LogP contribution in [-0.2, 0) is 19.1 Å². The normalized spacial score (nSPS) is 44.8. The summed E-state index contributed by atoms with van der Waals surface area (Å²) in [5, 5.41) is 8.86. The maximum Gasteiger partial charge on any atom is 0.321 e. The number of ether oxygens (including phenoxy) is 1. The van der Waals surface area contributed by atoms with Crippen LogP contribution in [0.1, 0.15) is 0 Å². The van der Waals surface area contributed by atoms with Crippen molar-refractivity contribution in [2.75, 3.05) is 0 Å². The van der Waals surface area contributed by atoms with Crippen LogP contribution in [0.3, 0.4) is 0 Å². The second-order valence-corrected chi connectivity index (χ2v) is 5.12. The number of aliphatic carboxylic acids is 1. The molecule has 0 aromatic carbocycles. The van der Waals surface area contributed by atoms with Crippen molar-refractivity contribution in [1.29, 1.82) is 0 Å². The molecular formula is C10H7BrO5. The van der Waals surface area contributed by atoms with Gasteiger partial charge in [-0.15, -0.1) is 0 Å². The topological polar surface area (TPSA) is 80.7 Å². The number of carboxylic acids is 1. The Kier molecular flexibility index (Phi) is 1.91. The molecule has 0 amide bonds. The van der Waals surface area contributed by atoms with E-state index in [9.17, 15) is 14.4 Å². The lowest BCUT2D eigenvalue weighted by molar-refractivity contribution is -0.149. The van der Waals surface area contributed by atoms with Crippen LogP contribution in [0.5, 0.6) is 0 Å². The number of carbonyl (C=O) groups excluding carboxylic acids is 2. The standard InChI is InChI=1S/C10H7BrO5/c11-2-1-3-4-5(9(2)16-3)8(13)6(7(4)12)10(14)15/h1,3-6,9H,(H,14,15). The highest BCUT2D eigenvalue weighted by atomic mass is 79.9. The molecule has 3 aliphatic rings. The zero-order valence-corrected chi connectivity index (χ0v) is 9.51. The van der Waals surface area contributed by atoms with Gasteiger partial charge in [0.25, 0.3) is 0 Å². The van der Waals surface area contributed by atoms with Crippen LogP contribution in [-0.4, -0.2) is 34.9 Å². The van der Waals surface area contributed by atoms with E-state index in [1.165, 1.54) is 0 Å². The Bertz CT molecular complexity index is 454. The van der Waals surface area contributed by atoms with Crippen molar-refractivity contribution in [3.8, 4) is 0 Å². The maximum absolute atomic E-state index is 11.8. The van der Waals surface area contributed by atoms with Crippen LogP contribution >= 0.6 is 15.9 Å². The Morgan fingerprint density at radius 2 is 1.94 bits per heavy atom. The molecule has 0 aromatic rings. The number of hydrogen-bond donors (Lipinski definition) is 1. The molecule has 1 aliphatic carbocycles. The van der Waals surface area contributed by atoms with Gasteiger partial charge < -0.3 is 9.84 Å². The SMILES string of the molecule is O=C(O)C1C(=O)C2C3C=C(Br)C(O3)C2C1=O. The summed E-state index contributed by atoms with van der Waals surface area (Å²) in [5.74, 6) is -5.07. The first-order valence-corrected chi connectivity index (χ1v) is 5.64. The molecule has 5 nitrogen and oxygen atoms in total. The van der Waals surface area contributed by atoms with Gasteiger partial charge in [-0.3, -0.25) is 14.4 Å². The van der Waals surface area contributed by atoms with Crippen molar-refractivity contribution < 1.29 is 24.2 Å². The van der Waals surface area contributed by atoms with Crippen LogP contribution in [0.2, 0.25) is 0 Å². The zero-order valence-electron chi connectivity index (χ0n) is 7.92. The van der Waals surface area contributed by atoms with Gasteiger partial charge in [0.15, 0.2) is 17.5 Å². The molecule has 2 heterocycles. The van der Waals surface area contributed by atoms with Gasteiger partial charge in [-0.2, -0.15) is 0 Å². The minimum atomic E-state index is -1.49. The number of fused-ring (bicyclic) bond motifs is 5. The molecule has 84 valence electrons. The van der Waals surface area contributed by atoms with E-state index in [1.54, 1.807) is 6.08 Å². The molecule has 0 spiro atoms. The summed E-state index contributed by atoms with van der Waals surface area (Å²) in [5.41, 5.74) is 0. The molecule has 3 rings (SSSR count). The van der Waals surface area contributed by atoms with Crippen molar-refractivity contribution in [1.82, 2.24) is 0 Å². The van der Waals surface area contributed by atoms with Crippen LogP contribution in [0.15, 0.2) is 10.6 Å². The third-order valence-corrected chi connectivity index (χ3v) is 4.15. The van der Waals surface area contributed by atoms with Gasteiger partial charge in [0.1, 0.15) is 6.10 Å². The van der Waals surface area contributed by atoms with Crippen LogP contribution in [0.25, 0.3) is 0 Å². The lowest BCUT2D eigenvalue weighted by Crippen LogP contribution is -2.30. The molecule has 0 radical (unpaired) electrons. The number of carboxylic acid groups (broad SMARTS) is 1. The van der Waals surface area contributed by atoms with E-state index in [1.807, 2.05) is 0 Å². The van der Waals surface area contributed by atoms with Crippen LogP contribution in [0, 0.1) is 17.8 Å². The number of halogens is 1. The third-order valence-electron chi connectivity index (χ3n) is 3.44. The lowest BCUT2D eigenvalue weighted by Gasteiger charge is -2.15. The molecule has 5 unspecified atom stereocenters. The van der Waals surface area contributed by atoms with Crippen molar-refractivity contribution in [3.63, 3.8) is 0 Å². The Labute approximate surface area is 98.6 Å². The number of ketones is 2. The van der Waals surface area contributed by atoms with Crippen LogP contribution < -0.4 is 0 Å². The Morgan fingerprint density at radius 3 is 2.56 bits per heavy atom. The number of hydrogen-bond acceptors (Lipinski definition) is 4. The van der Waals surface area contributed by atoms with E-state index in [0.29, 0.717) is 0 Å².